The van der Waals surface area contributed by atoms with Crippen LogP contribution in [0, 0.1) is 11.8 Å². The SMILES string of the molecule is COC(=O)[C@]1(C)N[C@H](c2ccc(Cl)cc2)[C@H]2C(=O)N(C)C(=O)[C@H]21. The summed E-state index contributed by atoms with van der Waals surface area (Å²) in [5.41, 5.74) is -0.449. The molecular weight excluding hydrogens is 320 g/mol. The number of esters is 1. The number of nitrogens with one attached hydrogen (secondary N) is 1. The number of hydrogen-bond acceptors (Lipinski definition) is 5. The molecule has 7 heteroatoms. The smallest absolute Gasteiger partial charge is 0.326 e. The van der Waals surface area contributed by atoms with E-state index >= 15 is 0 Å². The lowest BCUT2D eigenvalue weighted by atomic mass is 9.80. The Kier molecular flexibility index (Phi) is 3.69. The second kappa shape index (κ2) is 5.32. The molecule has 1 aromatic rings. The fourth-order valence-electron chi connectivity index (χ4n) is 3.64. The van der Waals surface area contributed by atoms with E-state index in [1.165, 1.54) is 14.2 Å². The lowest BCUT2D eigenvalue weighted by molar-refractivity contribution is -0.152. The van der Waals surface area contributed by atoms with Crippen LogP contribution >= 0.6 is 11.6 Å². The molecule has 2 fully saturated rings. The summed E-state index contributed by atoms with van der Waals surface area (Å²) >= 11 is 5.91. The Labute approximate surface area is 138 Å². The zero-order valence-corrected chi connectivity index (χ0v) is 13.8. The van der Waals surface area contributed by atoms with Gasteiger partial charge in [-0.05, 0) is 24.6 Å². The highest BCUT2D eigenvalue weighted by Gasteiger charge is 2.66. The second-order valence-corrected chi connectivity index (χ2v) is 6.54. The molecule has 3 rings (SSSR count). The average Bonchev–Trinajstić information content (AvgIpc) is 2.97. The number of hydrogen-bond donors (Lipinski definition) is 1. The first kappa shape index (κ1) is 16.0. The van der Waals surface area contributed by atoms with E-state index in [-0.39, 0.29) is 11.8 Å². The van der Waals surface area contributed by atoms with E-state index in [0.29, 0.717) is 5.02 Å². The second-order valence-electron chi connectivity index (χ2n) is 6.11. The number of nitrogens with zero attached hydrogens (tertiary/aromatic N) is 1. The average molecular weight is 337 g/mol. The van der Waals surface area contributed by atoms with Crippen LogP contribution in [0.2, 0.25) is 5.02 Å². The van der Waals surface area contributed by atoms with Gasteiger partial charge in [0.05, 0.1) is 18.9 Å². The van der Waals surface area contributed by atoms with Gasteiger partial charge in [0.1, 0.15) is 5.54 Å². The molecule has 0 bridgehead atoms. The molecule has 2 aliphatic rings. The molecule has 0 aliphatic carbocycles. The van der Waals surface area contributed by atoms with Crippen LogP contribution in [0.5, 0.6) is 0 Å². The fraction of sp³-hybridized carbons (Fsp3) is 0.438. The topological polar surface area (TPSA) is 75.7 Å². The highest BCUT2D eigenvalue weighted by atomic mass is 35.5. The third kappa shape index (κ3) is 2.16. The van der Waals surface area contributed by atoms with Crippen LogP contribution < -0.4 is 5.32 Å². The number of amides is 2. The highest BCUT2D eigenvalue weighted by Crippen LogP contribution is 2.48. The number of rotatable bonds is 2. The molecule has 23 heavy (non-hydrogen) atoms. The first-order valence-electron chi connectivity index (χ1n) is 7.24. The predicted molar refractivity (Wildman–Crippen MR) is 82.5 cm³/mol. The maximum absolute atomic E-state index is 12.5. The molecule has 0 spiro atoms. The molecule has 0 saturated carbocycles. The molecule has 2 saturated heterocycles. The summed E-state index contributed by atoms with van der Waals surface area (Å²) in [6.07, 6.45) is 0. The molecule has 2 amide bonds. The minimum Gasteiger partial charge on any atom is -0.468 e. The Morgan fingerprint density at radius 2 is 1.87 bits per heavy atom. The maximum Gasteiger partial charge on any atom is 0.326 e. The van der Waals surface area contributed by atoms with E-state index < -0.39 is 29.4 Å². The van der Waals surface area contributed by atoms with E-state index in [0.717, 1.165) is 10.5 Å². The van der Waals surface area contributed by atoms with Gasteiger partial charge in [0, 0.05) is 18.1 Å². The maximum atomic E-state index is 12.5. The van der Waals surface area contributed by atoms with Gasteiger partial charge in [0.15, 0.2) is 0 Å². The zero-order valence-electron chi connectivity index (χ0n) is 13.0. The number of carbonyl (C=O) groups is 3. The monoisotopic (exact) mass is 336 g/mol. The van der Waals surface area contributed by atoms with Crippen LogP contribution in [0.4, 0.5) is 0 Å². The van der Waals surface area contributed by atoms with Crippen molar-refractivity contribution in [3.05, 3.63) is 34.9 Å². The van der Waals surface area contributed by atoms with Gasteiger partial charge in [-0.1, -0.05) is 23.7 Å². The number of likely N-dealkylation sites (tertiary alicyclic amines) is 1. The molecule has 6 nitrogen and oxygen atoms in total. The number of imide groups is 1. The zero-order chi connectivity index (χ0) is 16.9. The molecule has 0 aromatic heterocycles. The minimum absolute atomic E-state index is 0.292. The van der Waals surface area contributed by atoms with Crippen molar-refractivity contribution in [2.75, 3.05) is 14.2 Å². The molecule has 122 valence electrons. The van der Waals surface area contributed by atoms with Crippen molar-refractivity contribution >= 4 is 29.4 Å². The third-order valence-corrected chi connectivity index (χ3v) is 5.10. The summed E-state index contributed by atoms with van der Waals surface area (Å²) in [6, 6.07) is 6.55. The lowest BCUT2D eigenvalue weighted by Gasteiger charge is -2.27. The number of fused-ring (bicyclic) bond motifs is 1. The van der Waals surface area contributed by atoms with E-state index in [2.05, 4.69) is 5.32 Å². The van der Waals surface area contributed by atoms with Gasteiger partial charge in [-0.3, -0.25) is 24.6 Å². The van der Waals surface area contributed by atoms with Gasteiger partial charge in [0.2, 0.25) is 11.8 Å². The van der Waals surface area contributed by atoms with E-state index in [1.54, 1.807) is 31.2 Å². The van der Waals surface area contributed by atoms with Gasteiger partial charge in [-0.15, -0.1) is 0 Å². The van der Waals surface area contributed by atoms with Crippen molar-refractivity contribution in [3.63, 3.8) is 0 Å². The van der Waals surface area contributed by atoms with Crippen molar-refractivity contribution in [3.8, 4) is 0 Å². The minimum atomic E-state index is -1.25. The van der Waals surface area contributed by atoms with Crippen LogP contribution in [-0.2, 0) is 19.1 Å². The standard InChI is InChI=1S/C16H17ClN2O4/c1-16(15(22)23-3)11-10(13(20)19(2)14(11)21)12(18-16)8-4-6-9(17)7-5-8/h4-7,10-12,18H,1-3H3/t10-,11-,12+,16+/m0/s1. The molecular formula is C16H17ClN2O4. The van der Waals surface area contributed by atoms with Crippen LogP contribution in [0.3, 0.4) is 0 Å². The largest absolute Gasteiger partial charge is 0.468 e. The van der Waals surface area contributed by atoms with Crippen molar-refractivity contribution in [1.29, 1.82) is 0 Å². The van der Waals surface area contributed by atoms with Gasteiger partial charge < -0.3 is 4.74 Å². The van der Waals surface area contributed by atoms with E-state index in [9.17, 15) is 14.4 Å². The summed E-state index contributed by atoms with van der Waals surface area (Å²) < 4.78 is 4.86. The van der Waals surface area contributed by atoms with Gasteiger partial charge in [0.25, 0.3) is 0 Å². The van der Waals surface area contributed by atoms with Crippen molar-refractivity contribution in [2.24, 2.45) is 11.8 Å². The summed E-state index contributed by atoms with van der Waals surface area (Å²) in [4.78, 5) is 38.4. The van der Waals surface area contributed by atoms with Crippen LogP contribution in [0.25, 0.3) is 0 Å². The highest BCUT2D eigenvalue weighted by molar-refractivity contribution is 6.30. The van der Waals surface area contributed by atoms with E-state index in [4.69, 9.17) is 16.3 Å². The molecule has 0 radical (unpaired) electrons. The number of benzene rings is 1. The Bertz CT molecular complexity index is 690. The first-order chi connectivity index (χ1) is 10.8. The van der Waals surface area contributed by atoms with Gasteiger partial charge in [-0.25, -0.2) is 0 Å². The Balaban J connectivity index is 2.09. The summed E-state index contributed by atoms with van der Waals surface area (Å²) in [5.74, 6) is -2.64. The summed E-state index contributed by atoms with van der Waals surface area (Å²) in [7, 11) is 2.71. The van der Waals surface area contributed by atoms with Crippen molar-refractivity contribution < 1.29 is 19.1 Å². The van der Waals surface area contributed by atoms with Gasteiger partial charge in [-0.2, -0.15) is 0 Å². The molecule has 1 aromatic carbocycles. The third-order valence-electron chi connectivity index (χ3n) is 4.85. The van der Waals surface area contributed by atoms with Crippen molar-refractivity contribution in [1.82, 2.24) is 10.2 Å². The lowest BCUT2D eigenvalue weighted by Crippen LogP contribution is -2.53. The number of ether oxygens (including phenoxy) is 1. The number of carbonyl (C=O) groups excluding carboxylic acids is 3. The fourth-order valence-corrected chi connectivity index (χ4v) is 3.77. The number of halogens is 1. The van der Waals surface area contributed by atoms with Gasteiger partial charge >= 0.3 is 5.97 Å². The predicted octanol–water partition coefficient (Wildman–Crippen LogP) is 1.15. The molecule has 4 atom stereocenters. The first-order valence-corrected chi connectivity index (χ1v) is 7.62. The van der Waals surface area contributed by atoms with E-state index in [1.807, 2.05) is 0 Å². The molecule has 1 N–H and O–H groups in total. The van der Waals surface area contributed by atoms with Crippen LogP contribution in [-0.4, -0.2) is 42.4 Å². The molecule has 0 unspecified atom stereocenters. The summed E-state index contributed by atoms with van der Waals surface area (Å²) in [5, 5.41) is 3.73. The Hall–Kier alpha value is -1.92. The quantitative estimate of drug-likeness (QED) is 0.647. The van der Waals surface area contributed by atoms with Crippen molar-refractivity contribution in [2.45, 2.75) is 18.5 Å². The van der Waals surface area contributed by atoms with Crippen LogP contribution in [0.1, 0.15) is 18.5 Å². The van der Waals surface area contributed by atoms with Crippen LogP contribution in [0.15, 0.2) is 24.3 Å². The molecule has 2 aliphatic heterocycles. The normalized spacial score (nSPS) is 33.0. The Morgan fingerprint density at radius 1 is 1.26 bits per heavy atom. The summed E-state index contributed by atoms with van der Waals surface area (Å²) in [6.45, 7) is 1.61. The molecule has 2 heterocycles. The number of methoxy groups -OCH3 is 1. The Morgan fingerprint density at radius 3 is 2.43 bits per heavy atom.